The quantitative estimate of drug-likeness (QED) is 0.578. The first-order valence-corrected chi connectivity index (χ1v) is 10.2. The fourth-order valence-corrected chi connectivity index (χ4v) is 4.13. The van der Waals surface area contributed by atoms with Gasteiger partial charge in [-0.3, -0.25) is 9.69 Å². The Balaban J connectivity index is 2.08. The number of benzene rings is 2. The van der Waals surface area contributed by atoms with E-state index < -0.39 is 0 Å². The topological polar surface area (TPSA) is 45.7 Å². The minimum Gasteiger partial charge on any atom is -0.496 e. The van der Waals surface area contributed by atoms with E-state index in [1.165, 1.54) is 16.9 Å². The van der Waals surface area contributed by atoms with Gasteiger partial charge in [0, 0.05) is 18.1 Å². The van der Waals surface area contributed by atoms with E-state index in [0.29, 0.717) is 34.6 Å². The van der Waals surface area contributed by atoms with E-state index in [0.717, 1.165) is 15.8 Å². The second-order valence-corrected chi connectivity index (χ2v) is 8.40. The van der Waals surface area contributed by atoms with Gasteiger partial charge in [0.15, 0.2) is 5.13 Å². The zero-order chi connectivity index (χ0) is 20.4. The highest BCUT2D eigenvalue weighted by Crippen LogP contribution is 2.34. The van der Waals surface area contributed by atoms with Gasteiger partial charge in [-0.1, -0.05) is 29.0 Å². The van der Waals surface area contributed by atoms with Crippen molar-refractivity contribution in [1.82, 2.24) is 9.88 Å². The summed E-state index contributed by atoms with van der Waals surface area (Å²) >= 11 is 7.67. The standard InChI is InChI=1S/C21H24ClN3O2S/c1-13-6-9-18-19(14(13)2)23-21(28-18)25(11-10-24(3)4)20(26)16-12-15(22)7-8-17(16)27-5/h6-9,12H,10-11H2,1-5H3. The number of aromatic nitrogens is 1. The van der Waals surface area contributed by atoms with Crippen LogP contribution in [-0.2, 0) is 0 Å². The van der Waals surface area contributed by atoms with E-state index in [-0.39, 0.29) is 5.91 Å². The van der Waals surface area contributed by atoms with Gasteiger partial charge >= 0.3 is 0 Å². The number of nitrogens with zero attached hydrogens (tertiary/aromatic N) is 3. The third kappa shape index (κ3) is 4.14. The molecule has 0 fully saturated rings. The number of hydrogen-bond acceptors (Lipinski definition) is 5. The molecule has 0 saturated heterocycles. The Labute approximate surface area is 174 Å². The van der Waals surface area contributed by atoms with Crippen molar-refractivity contribution in [3.63, 3.8) is 0 Å². The Morgan fingerprint density at radius 3 is 2.61 bits per heavy atom. The molecule has 3 rings (SSSR count). The molecule has 0 radical (unpaired) electrons. The third-order valence-electron chi connectivity index (χ3n) is 4.71. The molecule has 0 aliphatic heterocycles. The molecule has 5 nitrogen and oxygen atoms in total. The minimum absolute atomic E-state index is 0.172. The predicted molar refractivity (Wildman–Crippen MR) is 117 cm³/mol. The summed E-state index contributed by atoms with van der Waals surface area (Å²) in [5.41, 5.74) is 3.70. The van der Waals surface area contributed by atoms with Gasteiger partial charge in [-0.2, -0.15) is 0 Å². The molecule has 0 unspecified atom stereocenters. The molecular formula is C21H24ClN3O2S. The molecule has 7 heteroatoms. The number of rotatable bonds is 6. The number of thiazole rings is 1. The van der Waals surface area contributed by atoms with E-state index in [9.17, 15) is 4.79 Å². The van der Waals surface area contributed by atoms with E-state index in [1.807, 2.05) is 19.0 Å². The fourth-order valence-electron chi connectivity index (χ4n) is 2.91. The lowest BCUT2D eigenvalue weighted by Crippen LogP contribution is -2.37. The van der Waals surface area contributed by atoms with Crippen LogP contribution in [0, 0.1) is 13.8 Å². The maximum atomic E-state index is 13.5. The summed E-state index contributed by atoms with van der Waals surface area (Å²) in [6.45, 7) is 5.36. The van der Waals surface area contributed by atoms with Gasteiger partial charge in [0.05, 0.1) is 22.9 Å². The number of ether oxygens (including phenoxy) is 1. The Hall–Kier alpha value is -2.15. The number of anilines is 1. The molecule has 28 heavy (non-hydrogen) atoms. The monoisotopic (exact) mass is 417 g/mol. The molecule has 0 N–H and O–H groups in total. The predicted octanol–water partition coefficient (Wildman–Crippen LogP) is 4.78. The Morgan fingerprint density at radius 2 is 1.93 bits per heavy atom. The summed E-state index contributed by atoms with van der Waals surface area (Å²) in [5.74, 6) is 0.326. The minimum atomic E-state index is -0.172. The van der Waals surface area contributed by atoms with Crippen molar-refractivity contribution >= 4 is 44.2 Å². The smallest absolute Gasteiger partial charge is 0.263 e. The first kappa shape index (κ1) is 20.6. The molecule has 0 saturated carbocycles. The van der Waals surface area contributed by atoms with Crippen molar-refractivity contribution in [2.45, 2.75) is 13.8 Å². The van der Waals surface area contributed by atoms with Crippen LogP contribution in [0.1, 0.15) is 21.5 Å². The van der Waals surface area contributed by atoms with Crippen molar-refractivity contribution in [1.29, 1.82) is 0 Å². The van der Waals surface area contributed by atoms with Crippen LogP contribution in [0.25, 0.3) is 10.2 Å². The largest absolute Gasteiger partial charge is 0.496 e. The van der Waals surface area contributed by atoms with Crippen molar-refractivity contribution < 1.29 is 9.53 Å². The highest BCUT2D eigenvalue weighted by Gasteiger charge is 2.25. The van der Waals surface area contributed by atoms with Crippen LogP contribution in [-0.4, -0.2) is 50.1 Å². The van der Waals surface area contributed by atoms with Crippen molar-refractivity contribution in [3.05, 3.63) is 52.0 Å². The molecule has 148 valence electrons. The molecule has 0 bridgehead atoms. The summed E-state index contributed by atoms with van der Waals surface area (Å²) < 4.78 is 6.46. The van der Waals surface area contributed by atoms with Gasteiger partial charge in [0.2, 0.25) is 0 Å². The SMILES string of the molecule is COc1ccc(Cl)cc1C(=O)N(CCN(C)C)c1nc2c(C)c(C)ccc2s1. The summed E-state index contributed by atoms with van der Waals surface area (Å²) in [6.07, 6.45) is 0. The molecule has 0 aliphatic carbocycles. The summed E-state index contributed by atoms with van der Waals surface area (Å²) in [7, 11) is 5.51. The lowest BCUT2D eigenvalue weighted by atomic mass is 10.1. The molecule has 1 aromatic heterocycles. The number of carbonyl (C=O) groups excluding carboxylic acids is 1. The van der Waals surface area contributed by atoms with Gasteiger partial charge in [-0.25, -0.2) is 4.98 Å². The summed E-state index contributed by atoms with van der Waals surface area (Å²) in [4.78, 5) is 22.0. The van der Waals surface area contributed by atoms with E-state index in [1.54, 1.807) is 30.2 Å². The maximum absolute atomic E-state index is 13.5. The number of carbonyl (C=O) groups is 1. The van der Waals surface area contributed by atoms with Crippen LogP contribution in [0.3, 0.4) is 0 Å². The molecule has 0 spiro atoms. The second kappa shape index (κ2) is 8.47. The normalized spacial score (nSPS) is 11.2. The Morgan fingerprint density at radius 1 is 1.18 bits per heavy atom. The zero-order valence-electron chi connectivity index (χ0n) is 16.7. The summed E-state index contributed by atoms with van der Waals surface area (Å²) in [5, 5.41) is 1.17. The molecule has 0 aliphatic rings. The van der Waals surface area contributed by atoms with E-state index in [2.05, 4.69) is 26.0 Å². The molecule has 0 atom stereocenters. The lowest BCUT2D eigenvalue weighted by Gasteiger charge is -2.23. The summed E-state index contributed by atoms with van der Waals surface area (Å²) in [6, 6.07) is 9.23. The van der Waals surface area contributed by atoms with Crippen LogP contribution in [0.2, 0.25) is 5.02 Å². The van der Waals surface area contributed by atoms with Gasteiger partial charge < -0.3 is 9.64 Å². The van der Waals surface area contributed by atoms with Crippen molar-refractivity contribution in [3.8, 4) is 5.75 Å². The molecule has 1 amide bonds. The first-order valence-electron chi connectivity index (χ1n) is 8.98. The van der Waals surface area contributed by atoms with Gasteiger partial charge in [0.1, 0.15) is 5.75 Å². The number of likely N-dealkylation sites (N-methyl/N-ethyl adjacent to an activating group) is 1. The number of halogens is 1. The van der Waals surface area contributed by atoms with Gasteiger partial charge in [-0.15, -0.1) is 0 Å². The van der Waals surface area contributed by atoms with Gasteiger partial charge in [0.25, 0.3) is 5.91 Å². The zero-order valence-corrected chi connectivity index (χ0v) is 18.3. The number of methoxy groups -OCH3 is 1. The van der Waals surface area contributed by atoms with Crippen LogP contribution in [0.5, 0.6) is 5.75 Å². The van der Waals surface area contributed by atoms with E-state index >= 15 is 0 Å². The van der Waals surface area contributed by atoms with Crippen molar-refractivity contribution in [2.24, 2.45) is 0 Å². The van der Waals surface area contributed by atoms with Crippen molar-refractivity contribution in [2.75, 3.05) is 39.2 Å². The Bertz CT molecular complexity index is 1020. The van der Waals surface area contributed by atoms with Crippen LogP contribution >= 0.6 is 22.9 Å². The first-order chi connectivity index (χ1) is 13.3. The average Bonchev–Trinajstić information content (AvgIpc) is 3.09. The number of fused-ring (bicyclic) bond motifs is 1. The molecular weight excluding hydrogens is 394 g/mol. The van der Waals surface area contributed by atoms with E-state index in [4.69, 9.17) is 21.3 Å². The van der Waals surface area contributed by atoms with Crippen LogP contribution in [0.15, 0.2) is 30.3 Å². The van der Waals surface area contributed by atoms with Crippen LogP contribution in [0.4, 0.5) is 5.13 Å². The number of aryl methyl sites for hydroxylation is 2. The molecule has 2 aromatic carbocycles. The highest BCUT2D eigenvalue weighted by atomic mass is 35.5. The number of amides is 1. The fraction of sp³-hybridized carbons (Fsp3) is 0.333. The second-order valence-electron chi connectivity index (χ2n) is 6.96. The average molecular weight is 418 g/mol. The number of hydrogen-bond donors (Lipinski definition) is 0. The molecule has 3 aromatic rings. The maximum Gasteiger partial charge on any atom is 0.263 e. The lowest BCUT2D eigenvalue weighted by molar-refractivity contribution is 0.0982. The third-order valence-corrected chi connectivity index (χ3v) is 5.99. The van der Waals surface area contributed by atoms with Crippen LogP contribution < -0.4 is 9.64 Å². The molecule has 1 heterocycles. The highest BCUT2D eigenvalue weighted by molar-refractivity contribution is 7.22. The van der Waals surface area contributed by atoms with Gasteiger partial charge in [-0.05, 0) is 63.3 Å². The Kier molecular flexibility index (Phi) is 6.23.